The van der Waals surface area contributed by atoms with E-state index in [0.717, 1.165) is 16.5 Å². The van der Waals surface area contributed by atoms with Crippen LogP contribution in [0, 0.1) is 23.7 Å². The molecule has 3 heterocycles. The predicted molar refractivity (Wildman–Crippen MR) is 212 cm³/mol. The van der Waals surface area contributed by atoms with Crippen molar-refractivity contribution in [2.45, 2.75) is 136 Å². The largest absolute Gasteiger partial charge is 0.460 e. The SMILES string of the molecule is CC[C@@H](OC=O)[C@@]1(C)OC(=O)N[C@@H]1[C@@H](C)C(=O)[C@H](C)C[C@@](C)(OC/C=C/c1cnc2ccccc2c1)[C@H](O[C@@H]1O[C@H](C)C[C@H](N(C)C)[C@H]1O)[C@@H](C)C(=O)C(C)C. The summed E-state index contributed by atoms with van der Waals surface area (Å²) < 4.78 is 30.7. The Labute approximate surface area is 331 Å². The van der Waals surface area contributed by atoms with Crippen molar-refractivity contribution in [3.8, 4) is 0 Å². The number of hydrogen-bond acceptors (Lipinski definition) is 12. The molecule has 2 fully saturated rings. The summed E-state index contributed by atoms with van der Waals surface area (Å²) in [6.45, 7) is 16.6. The van der Waals surface area contributed by atoms with Crippen LogP contribution in [0.25, 0.3) is 17.0 Å². The maximum Gasteiger partial charge on any atom is 0.408 e. The first-order chi connectivity index (χ1) is 26.4. The molecule has 2 saturated heterocycles. The molecule has 0 bridgehead atoms. The monoisotopic (exact) mass is 781 g/mol. The Hall–Kier alpha value is -3.75. The molecule has 2 aliphatic heterocycles. The van der Waals surface area contributed by atoms with E-state index in [-0.39, 0.29) is 42.7 Å². The van der Waals surface area contributed by atoms with Crippen molar-refractivity contribution >= 4 is 41.1 Å². The summed E-state index contributed by atoms with van der Waals surface area (Å²) >= 11 is 0. The molecule has 0 radical (unpaired) electrons. The summed E-state index contributed by atoms with van der Waals surface area (Å²) in [5.41, 5.74) is -0.832. The number of aliphatic hydroxyl groups excluding tert-OH is 1. The van der Waals surface area contributed by atoms with Gasteiger partial charge in [0.2, 0.25) is 0 Å². The average Bonchev–Trinajstić information content (AvgIpc) is 3.47. The first kappa shape index (κ1) is 45.0. The number of ether oxygens (including phenoxy) is 5. The van der Waals surface area contributed by atoms with Crippen LogP contribution in [0.2, 0.25) is 0 Å². The summed E-state index contributed by atoms with van der Waals surface area (Å²) in [4.78, 5) is 58.8. The second kappa shape index (κ2) is 19.1. The van der Waals surface area contributed by atoms with Gasteiger partial charge in [-0.05, 0) is 71.8 Å². The number of pyridine rings is 1. The molecule has 56 heavy (non-hydrogen) atoms. The molecule has 2 N–H and O–H groups in total. The van der Waals surface area contributed by atoms with E-state index in [1.165, 1.54) is 0 Å². The summed E-state index contributed by atoms with van der Waals surface area (Å²) in [7, 11) is 3.78. The Morgan fingerprint density at radius 1 is 1.16 bits per heavy atom. The van der Waals surface area contributed by atoms with Crippen molar-refractivity contribution < 1.29 is 48.0 Å². The van der Waals surface area contributed by atoms with Crippen LogP contribution in [0.5, 0.6) is 0 Å². The second-order valence-corrected chi connectivity index (χ2v) is 16.6. The molecule has 1 aromatic carbocycles. The number of aliphatic hydroxyl groups is 1. The lowest BCUT2D eigenvalue weighted by Gasteiger charge is -2.47. The van der Waals surface area contributed by atoms with Gasteiger partial charge in [0.25, 0.3) is 6.47 Å². The minimum absolute atomic E-state index is 0.0696. The number of Topliss-reactive ketones (excluding diaryl/α,β-unsaturated/α-hetero) is 2. The van der Waals surface area contributed by atoms with Crippen LogP contribution < -0.4 is 5.32 Å². The molecule has 0 spiro atoms. The standard InChI is InChI=1S/C43H63N3O10/c1-12-34(52-24-47)43(9)38(45-41(51)56-43)28(6)36(49)26(4)22-42(8,53-19-15-16-30-21-31-17-13-14-18-32(31)44-23-30)39(29(7)35(48)25(2)3)55-40-37(50)33(46(10)11)20-27(5)54-40/h13-18,21,23-29,33-34,37-40,50H,12,19-20,22H2,1-11H3,(H,45,51)/b16-15+/t26-,27-,28+,29+,33+,34-,37-,38-,39-,40+,42-,43-/m1/s1. The molecule has 2 aromatic rings. The van der Waals surface area contributed by atoms with Gasteiger partial charge in [0.05, 0.1) is 36.0 Å². The summed E-state index contributed by atoms with van der Waals surface area (Å²) in [6, 6.07) is 8.80. The fourth-order valence-corrected chi connectivity index (χ4v) is 8.60. The van der Waals surface area contributed by atoms with E-state index in [0.29, 0.717) is 19.3 Å². The number of fused-ring (bicyclic) bond motifs is 1. The Kier molecular flexibility index (Phi) is 15.4. The lowest BCUT2D eigenvalue weighted by molar-refractivity contribution is -0.296. The van der Waals surface area contributed by atoms with Gasteiger partial charge in [-0.1, -0.05) is 71.9 Å². The molecular formula is C43H63N3O10. The normalized spacial score (nSPS) is 28.0. The summed E-state index contributed by atoms with van der Waals surface area (Å²) in [6.07, 6.45) is 1.78. The number of para-hydroxylation sites is 1. The topological polar surface area (TPSA) is 163 Å². The van der Waals surface area contributed by atoms with Gasteiger partial charge in [0.1, 0.15) is 23.8 Å². The molecule has 12 atom stereocenters. The Balaban J connectivity index is 1.70. The zero-order valence-corrected chi connectivity index (χ0v) is 34.9. The first-order valence-electron chi connectivity index (χ1n) is 19.8. The number of carbonyl (C=O) groups is 4. The molecule has 0 unspecified atom stereocenters. The maximum atomic E-state index is 14.5. The molecule has 13 heteroatoms. The van der Waals surface area contributed by atoms with Gasteiger partial charge < -0.3 is 39.0 Å². The Morgan fingerprint density at radius 2 is 1.86 bits per heavy atom. The van der Waals surface area contributed by atoms with Crippen LogP contribution in [-0.2, 0) is 38.1 Å². The highest BCUT2D eigenvalue weighted by molar-refractivity contribution is 5.86. The summed E-state index contributed by atoms with van der Waals surface area (Å²) in [5.74, 6) is -2.78. The third kappa shape index (κ3) is 10.2. The molecule has 13 nitrogen and oxygen atoms in total. The van der Waals surface area contributed by atoms with Gasteiger partial charge >= 0.3 is 6.09 Å². The van der Waals surface area contributed by atoms with E-state index in [2.05, 4.69) is 10.3 Å². The van der Waals surface area contributed by atoms with Crippen LogP contribution in [0.15, 0.2) is 42.6 Å². The molecule has 0 saturated carbocycles. The van der Waals surface area contributed by atoms with E-state index >= 15 is 0 Å². The number of alkyl carbamates (subject to hydrolysis) is 1. The van der Waals surface area contributed by atoms with Crippen molar-refractivity contribution in [2.24, 2.45) is 23.7 Å². The van der Waals surface area contributed by atoms with E-state index in [1.54, 1.807) is 40.8 Å². The zero-order chi connectivity index (χ0) is 41.5. The van der Waals surface area contributed by atoms with E-state index in [4.69, 9.17) is 23.7 Å². The minimum Gasteiger partial charge on any atom is -0.460 e. The van der Waals surface area contributed by atoms with Gasteiger partial charge in [-0.3, -0.25) is 19.4 Å². The maximum absolute atomic E-state index is 14.5. The Bertz CT molecular complexity index is 1700. The third-order valence-corrected chi connectivity index (χ3v) is 11.6. The van der Waals surface area contributed by atoms with Crippen LogP contribution >= 0.6 is 0 Å². The van der Waals surface area contributed by atoms with Crippen LogP contribution in [0.3, 0.4) is 0 Å². The number of benzene rings is 1. The quantitative estimate of drug-likeness (QED) is 0.157. The van der Waals surface area contributed by atoms with Gasteiger partial charge in [-0.15, -0.1) is 0 Å². The average molecular weight is 782 g/mol. The smallest absolute Gasteiger partial charge is 0.408 e. The molecule has 310 valence electrons. The van der Waals surface area contributed by atoms with Crippen molar-refractivity contribution in [1.29, 1.82) is 0 Å². The highest BCUT2D eigenvalue weighted by atomic mass is 16.7. The number of hydrogen-bond donors (Lipinski definition) is 2. The molecule has 2 aliphatic rings. The number of rotatable bonds is 20. The number of nitrogens with one attached hydrogen (secondary N) is 1. The number of ketones is 2. The number of amides is 1. The van der Waals surface area contributed by atoms with Gasteiger partial charge in [0.15, 0.2) is 11.9 Å². The van der Waals surface area contributed by atoms with E-state index in [1.807, 2.05) is 89.2 Å². The van der Waals surface area contributed by atoms with E-state index in [9.17, 15) is 24.3 Å². The number of aromatic nitrogens is 1. The Morgan fingerprint density at radius 3 is 2.50 bits per heavy atom. The predicted octanol–water partition coefficient (Wildman–Crippen LogP) is 5.75. The van der Waals surface area contributed by atoms with Crippen LogP contribution in [-0.4, -0.2) is 114 Å². The first-order valence-corrected chi connectivity index (χ1v) is 19.8. The van der Waals surface area contributed by atoms with Crippen molar-refractivity contribution in [3.05, 3.63) is 48.2 Å². The van der Waals surface area contributed by atoms with Crippen molar-refractivity contribution in [2.75, 3.05) is 20.7 Å². The fourth-order valence-electron chi connectivity index (χ4n) is 8.60. The number of nitrogens with zero attached hydrogens (tertiary/aromatic N) is 2. The number of carbonyl (C=O) groups excluding carboxylic acids is 4. The van der Waals surface area contributed by atoms with Crippen molar-refractivity contribution in [3.63, 3.8) is 0 Å². The lowest BCUT2D eigenvalue weighted by Crippen LogP contribution is -2.59. The number of likely N-dealkylation sites (N-methyl/N-ethyl adjacent to an activating group) is 1. The van der Waals surface area contributed by atoms with Gasteiger partial charge in [0, 0.05) is 41.3 Å². The molecule has 1 amide bonds. The fraction of sp³-hybridized carbons (Fsp3) is 0.651. The minimum atomic E-state index is -1.30. The second-order valence-electron chi connectivity index (χ2n) is 16.6. The third-order valence-electron chi connectivity index (χ3n) is 11.6. The lowest BCUT2D eigenvalue weighted by atomic mass is 9.74. The molecule has 4 rings (SSSR count). The van der Waals surface area contributed by atoms with Crippen LogP contribution in [0.1, 0.15) is 87.1 Å². The molecular weight excluding hydrogens is 718 g/mol. The van der Waals surface area contributed by atoms with Gasteiger partial charge in [-0.25, -0.2) is 4.79 Å². The van der Waals surface area contributed by atoms with Crippen LogP contribution in [0.4, 0.5) is 4.79 Å². The van der Waals surface area contributed by atoms with Gasteiger partial charge in [-0.2, -0.15) is 0 Å². The molecule has 0 aliphatic carbocycles. The highest BCUT2D eigenvalue weighted by Gasteiger charge is 2.56. The number of cyclic esters (lactones) is 1. The van der Waals surface area contributed by atoms with Crippen molar-refractivity contribution in [1.82, 2.24) is 15.2 Å². The van der Waals surface area contributed by atoms with E-state index < -0.39 is 65.7 Å². The zero-order valence-electron chi connectivity index (χ0n) is 34.9. The summed E-state index contributed by atoms with van der Waals surface area (Å²) in [5, 5.41) is 15.3. The highest BCUT2D eigenvalue weighted by Crippen LogP contribution is 2.39. The molecule has 1 aromatic heterocycles.